The molecule has 3 aromatic carbocycles. The first kappa shape index (κ1) is 12.7. The van der Waals surface area contributed by atoms with Crippen molar-refractivity contribution < 1.29 is 9.90 Å². The van der Waals surface area contributed by atoms with E-state index in [-0.39, 0.29) is 5.75 Å². The van der Waals surface area contributed by atoms with Crippen LogP contribution in [0.1, 0.15) is 10.4 Å². The Morgan fingerprint density at radius 1 is 0.818 bits per heavy atom. The van der Waals surface area contributed by atoms with Gasteiger partial charge in [-0.05, 0) is 24.3 Å². The van der Waals surface area contributed by atoms with Gasteiger partial charge in [0, 0.05) is 22.5 Å². The molecular formula is C19H13NO2. The van der Waals surface area contributed by atoms with Crippen LogP contribution in [0.25, 0.3) is 27.5 Å². The van der Waals surface area contributed by atoms with Gasteiger partial charge in [0.2, 0.25) is 0 Å². The third-order valence-corrected chi connectivity index (χ3v) is 3.98. The third-order valence-electron chi connectivity index (χ3n) is 3.98. The van der Waals surface area contributed by atoms with Crippen molar-refractivity contribution in [2.45, 2.75) is 0 Å². The molecule has 0 aliphatic carbocycles. The first-order valence-electron chi connectivity index (χ1n) is 7.06. The van der Waals surface area contributed by atoms with Crippen LogP contribution in [-0.4, -0.2) is 16.0 Å². The summed E-state index contributed by atoms with van der Waals surface area (Å²) >= 11 is 0. The molecule has 3 heteroatoms. The summed E-state index contributed by atoms with van der Waals surface area (Å²) in [6.07, 6.45) is 0.658. The fraction of sp³-hybridized carbons (Fsp3) is 0. The lowest BCUT2D eigenvalue weighted by atomic mass is 10.2. The fourth-order valence-electron chi connectivity index (χ4n) is 2.97. The van der Waals surface area contributed by atoms with Crippen molar-refractivity contribution in [3.8, 4) is 11.4 Å². The zero-order valence-corrected chi connectivity index (χ0v) is 11.7. The van der Waals surface area contributed by atoms with Crippen molar-refractivity contribution in [2.75, 3.05) is 0 Å². The molecule has 0 fully saturated rings. The van der Waals surface area contributed by atoms with E-state index in [1.54, 1.807) is 12.1 Å². The summed E-state index contributed by atoms with van der Waals surface area (Å²) in [7, 11) is 0. The average molecular weight is 287 g/mol. The highest BCUT2D eigenvalue weighted by molar-refractivity contribution is 6.09. The predicted octanol–water partition coefficient (Wildman–Crippen LogP) is 4.30. The molecule has 0 amide bonds. The van der Waals surface area contributed by atoms with E-state index in [9.17, 15) is 9.90 Å². The minimum absolute atomic E-state index is 0.00522. The Hall–Kier alpha value is -3.07. The number of hydrogen-bond donors (Lipinski definition) is 1. The number of aromatic hydroxyl groups is 1. The molecule has 0 saturated carbocycles. The topological polar surface area (TPSA) is 42.2 Å². The summed E-state index contributed by atoms with van der Waals surface area (Å²) in [6, 6.07) is 21.4. The zero-order valence-electron chi connectivity index (χ0n) is 11.7. The van der Waals surface area contributed by atoms with Gasteiger partial charge in [0.15, 0.2) is 6.29 Å². The minimum Gasteiger partial charge on any atom is -0.507 e. The van der Waals surface area contributed by atoms with Crippen molar-refractivity contribution in [1.82, 2.24) is 4.57 Å². The van der Waals surface area contributed by atoms with Crippen LogP contribution < -0.4 is 0 Å². The summed E-state index contributed by atoms with van der Waals surface area (Å²) in [5.74, 6) is -0.00522. The van der Waals surface area contributed by atoms with Crippen molar-refractivity contribution in [1.29, 1.82) is 0 Å². The molecule has 1 aromatic heterocycles. The van der Waals surface area contributed by atoms with E-state index in [1.807, 2.05) is 30.3 Å². The van der Waals surface area contributed by atoms with E-state index in [4.69, 9.17) is 0 Å². The Labute approximate surface area is 127 Å². The Balaban J connectivity index is 2.12. The van der Waals surface area contributed by atoms with Gasteiger partial charge < -0.3 is 9.67 Å². The van der Waals surface area contributed by atoms with Crippen LogP contribution in [0.5, 0.6) is 5.75 Å². The Morgan fingerprint density at radius 2 is 1.41 bits per heavy atom. The summed E-state index contributed by atoms with van der Waals surface area (Å²) in [6.45, 7) is 0. The van der Waals surface area contributed by atoms with E-state index in [0.717, 1.165) is 27.5 Å². The molecule has 22 heavy (non-hydrogen) atoms. The second-order valence-corrected chi connectivity index (χ2v) is 5.23. The Bertz CT molecular complexity index is 961. The number of para-hydroxylation sites is 2. The van der Waals surface area contributed by atoms with E-state index >= 15 is 0 Å². The van der Waals surface area contributed by atoms with Gasteiger partial charge in [-0.3, -0.25) is 4.79 Å². The standard InChI is InChI=1S/C19H13NO2/c21-12-13-9-10-14(11-19(13)22)20-17-7-3-1-5-15(17)16-6-2-4-8-18(16)20/h1-12,22H. The fourth-order valence-corrected chi connectivity index (χ4v) is 2.97. The normalized spacial score (nSPS) is 11.1. The lowest BCUT2D eigenvalue weighted by Crippen LogP contribution is -1.94. The molecule has 3 nitrogen and oxygen atoms in total. The van der Waals surface area contributed by atoms with E-state index < -0.39 is 0 Å². The third kappa shape index (κ3) is 1.72. The lowest BCUT2D eigenvalue weighted by molar-refractivity contribution is 0.112. The number of aldehydes is 1. The summed E-state index contributed by atoms with van der Waals surface area (Å²) in [5, 5.41) is 12.3. The molecule has 0 aliphatic heterocycles. The molecule has 106 valence electrons. The molecule has 1 N–H and O–H groups in total. The van der Waals surface area contributed by atoms with Gasteiger partial charge in [-0.15, -0.1) is 0 Å². The molecule has 4 aromatic rings. The molecule has 0 atom stereocenters. The first-order chi connectivity index (χ1) is 10.8. The minimum atomic E-state index is -0.00522. The number of phenols is 1. The number of benzene rings is 3. The molecule has 0 bridgehead atoms. The molecule has 0 radical (unpaired) electrons. The SMILES string of the molecule is O=Cc1ccc(-n2c3ccccc3c3ccccc32)cc1O. The van der Waals surface area contributed by atoms with Gasteiger partial charge >= 0.3 is 0 Å². The smallest absolute Gasteiger partial charge is 0.153 e. The quantitative estimate of drug-likeness (QED) is 0.558. The molecule has 0 saturated heterocycles. The van der Waals surface area contributed by atoms with Crippen molar-refractivity contribution in [3.63, 3.8) is 0 Å². The second-order valence-electron chi connectivity index (χ2n) is 5.23. The average Bonchev–Trinajstić information content (AvgIpc) is 2.89. The number of carbonyl (C=O) groups is 1. The van der Waals surface area contributed by atoms with Gasteiger partial charge in [-0.2, -0.15) is 0 Å². The number of aromatic nitrogens is 1. The van der Waals surface area contributed by atoms with Gasteiger partial charge in [-0.1, -0.05) is 36.4 Å². The van der Waals surface area contributed by atoms with Crippen molar-refractivity contribution >= 4 is 28.1 Å². The number of nitrogens with zero attached hydrogens (tertiary/aromatic N) is 1. The summed E-state index contributed by atoms with van der Waals surface area (Å²) in [5.41, 5.74) is 3.27. The Kier molecular flexibility index (Phi) is 2.73. The zero-order chi connectivity index (χ0) is 15.1. The maximum Gasteiger partial charge on any atom is 0.153 e. The number of hydrogen-bond acceptors (Lipinski definition) is 2. The molecule has 0 spiro atoms. The number of fused-ring (bicyclic) bond motifs is 3. The second kappa shape index (κ2) is 4.74. The lowest BCUT2D eigenvalue weighted by Gasteiger charge is -2.09. The van der Waals surface area contributed by atoms with Crippen LogP contribution in [0.2, 0.25) is 0 Å². The van der Waals surface area contributed by atoms with Crippen LogP contribution in [0.3, 0.4) is 0 Å². The number of rotatable bonds is 2. The first-order valence-corrected chi connectivity index (χ1v) is 7.06. The van der Waals surface area contributed by atoms with Crippen LogP contribution in [0.4, 0.5) is 0 Å². The van der Waals surface area contributed by atoms with Crippen molar-refractivity contribution in [3.05, 3.63) is 72.3 Å². The van der Waals surface area contributed by atoms with Crippen LogP contribution in [0.15, 0.2) is 66.7 Å². The number of phenolic OH excluding ortho intramolecular Hbond substituents is 1. The monoisotopic (exact) mass is 287 g/mol. The molecule has 0 unspecified atom stereocenters. The van der Waals surface area contributed by atoms with Gasteiger partial charge in [0.25, 0.3) is 0 Å². The highest BCUT2D eigenvalue weighted by Gasteiger charge is 2.12. The highest BCUT2D eigenvalue weighted by Crippen LogP contribution is 2.32. The molecular weight excluding hydrogens is 274 g/mol. The van der Waals surface area contributed by atoms with E-state index in [2.05, 4.69) is 28.8 Å². The summed E-state index contributed by atoms with van der Waals surface area (Å²) < 4.78 is 2.10. The highest BCUT2D eigenvalue weighted by atomic mass is 16.3. The van der Waals surface area contributed by atoms with Gasteiger partial charge in [0.05, 0.1) is 16.6 Å². The molecule has 4 rings (SSSR count). The van der Waals surface area contributed by atoms with Gasteiger partial charge in [-0.25, -0.2) is 0 Å². The van der Waals surface area contributed by atoms with Crippen LogP contribution >= 0.6 is 0 Å². The van der Waals surface area contributed by atoms with Crippen LogP contribution in [0, 0.1) is 0 Å². The van der Waals surface area contributed by atoms with Crippen molar-refractivity contribution in [2.24, 2.45) is 0 Å². The maximum absolute atomic E-state index is 10.9. The van der Waals surface area contributed by atoms with Gasteiger partial charge in [0.1, 0.15) is 5.75 Å². The predicted molar refractivity (Wildman–Crippen MR) is 87.8 cm³/mol. The molecule has 0 aliphatic rings. The summed E-state index contributed by atoms with van der Waals surface area (Å²) in [4.78, 5) is 10.9. The van der Waals surface area contributed by atoms with Crippen LogP contribution in [-0.2, 0) is 0 Å². The number of carbonyl (C=O) groups excluding carboxylic acids is 1. The largest absolute Gasteiger partial charge is 0.507 e. The maximum atomic E-state index is 10.9. The van der Waals surface area contributed by atoms with E-state index in [0.29, 0.717) is 11.8 Å². The molecule has 1 heterocycles. The van der Waals surface area contributed by atoms with E-state index in [1.165, 1.54) is 0 Å². The Morgan fingerprint density at radius 3 is 1.95 bits per heavy atom.